The summed E-state index contributed by atoms with van der Waals surface area (Å²) in [5, 5.41) is 19.6. The molecule has 1 amide bonds. The van der Waals surface area contributed by atoms with Crippen molar-refractivity contribution in [2.75, 3.05) is 11.5 Å². The average Bonchev–Trinajstić information content (AvgIpc) is 2.94. The summed E-state index contributed by atoms with van der Waals surface area (Å²) in [4.78, 5) is 21.7. The van der Waals surface area contributed by atoms with Crippen molar-refractivity contribution in [3.8, 4) is 6.07 Å². The largest absolute Gasteiger partial charge is 0.480 e. The Hall–Kier alpha value is -1.62. The zero-order chi connectivity index (χ0) is 14.7. The molecule has 0 spiro atoms. The van der Waals surface area contributed by atoms with E-state index in [0.29, 0.717) is 12.8 Å². The lowest BCUT2D eigenvalue weighted by atomic mass is 10.1. The third-order valence-corrected chi connectivity index (χ3v) is 4.93. The first-order valence-electron chi connectivity index (χ1n) is 5.77. The van der Waals surface area contributed by atoms with E-state index in [-0.39, 0.29) is 12.2 Å². The fourth-order valence-electron chi connectivity index (χ4n) is 1.92. The summed E-state index contributed by atoms with van der Waals surface area (Å²) in [7, 11) is -3.64. The summed E-state index contributed by atoms with van der Waals surface area (Å²) in [5.41, 5.74) is -0.507. The van der Waals surface area contributed by atoms with Gasteiger partial charge in [0.1, 0.15) is 6.04 Å². The van der Waals surface area contributed by atoms with Crippen molar-refractivity contribution >= 4 is 21.7 Å². The van der Waals surface area contributed by atoms with Crippen molar-refractivity contribution in [2.45, 2.75) is 32.2 Å². The molecule has 106 valence electrons. The molecule has 1 saturated carbocycles. The molecule has 7 nitrogen and oxygen atoms in total. The maximum absolute atomic E-state index is 11.9. The highest BCUT2D eigenvalue weighted by molar-refractivity contribution is 7.91. The minimum Gasteiger partial charge on any atom is -0.480 e. The molecule has 1 rings (SSSR count). The van der Waals surface area contributed by atoms with Crippen LogP contribution in [0.15, 0.2) is 0 Å². The predicted octanol–water partition coefficient (Wildman–Crippen LogP) is -0.316. The van der Waals surface area contributed by atoms with Crippen LogP contribution >= 0.6 is 0 Å². The van der Waals surface area contributed by atoms with Crippen molar-refractivity contribution in [3.63, 3.8) is 0 Å². The Bertz CT molecular complexity index is 516. The third-order valence-electron chi connectivity index (χ3n) is 3.03. The van der Waals surface area contributed by atoms with E-state index in [2.05, 4.69) is 5.32 Å². The van der Waals surface area contributed by atoms with Crippen LogP contribution in [0.1, 0.15) is 26.2 Å². The molecule has 1 unspecified atom stereocenters. The molecule has 19 heavy (non-hydrogen) atoms. The highest BCUT2D eigenvalue weighted by Gasteiger charge is 2.46. The van der Waals surface area contributed by atoms with E-state index in [0.717, 1.165) is 6.92 Å². The molecule has 0 heterocycles. The number of amides is 1. The van der Waals surface area contributed by atoms with Crippen molar-refractivity contribution in [1.29, 1.82) is 5.26 Å². The zero-order valence-electron chi connectivity index (χ0n) is 10.5. The third kappa shape index (κ3) is 4.87. The van der Waals surface area contributed by atoms with Gasteiger partial charge in [-0.3, -0.25) is 4.79 Å². The second-order valence-electron chi connectivity index (χ2n) is 4.98. The highest BCUT2D eigenvalue weighted by atomic mass is 32.2. The van der Waals surface area contributed by atoms with Gasteiger partial charge in [0.05, 0.1) is 17.6 Å². The maximum Gasteiger partial charge on any atom is 0.327 e. The average molecular weight is 288 g/mol. The van der Waals surface area contributed by atoms with Crippen molar-refractivity contribution in [2.24, 2.45) is 5.41 Å². The van der Waals surface area contributed by atoms with Crippen LogP contribution in [0.4, 0.5) is 0 Å². The Morgan fingerprint density at radius 3 is 2.42 bits per heavy atom. The smallest absolute Gasteiger partial charge is 0.327 e. The number of aliphatic carboxylic acids is 1. The fourth-order valence-corrected chi connectivity index (χ4v) is 4.09. The van der Waals surface area contributed by atoms with E-state index in [9.17, 15) is 18.0 Å². The molecule has 8 heteroatoms. The summed E-state index contributed by atoms with van der Waals surface area (Å²) in [6, 6.07) is 0.507. The van der Waals surface area contributed by atoms with Gasteiger partial charge in [-0.25, -0.2) is 13.2 Å². The van der Waals surface area contributed by atoms with Crippen molar-refractivity contribution < 1.29 is 23.1 Å². The molecule has 0 bridgehead atoms. The first kappa shape index (κ1) is 15.4. The molecule has 1 aliphatic rings. The number of nitriles is 1. The van der Waals surface area contributed by atoms with Gasteiger partial charge in [0.25, 0.3) is 0 Å². The molecule has 0 aliphatic heterocycles. The normalized spacial score (nSPS) is 18.1. The van der Waals surface area contributed by atoms with Gasteiger partial charge < -0.3 is 10.4 Å². The second kappa shape index (κ2) is 5.57. The first-order valence-corrected chi connectivity index (χ1v) is 7.59. The number of hydrogen-bond acceptors (Lipinski definition) is 5. The SMILES string of the molecule is CC(=O)NC(CS(=O)(=O)CC1(CC#N)CC1)C(=O)O. The van der Waals surface area contributed by atoms with E-state index in [1.54, 1.807) is 0 Å². The van der Waals surface area contributed by atoms with Crippen LogP contribution < -0.4 is 5.32 Å². The Balaban J connectivity index is 2.70. The lowest BCUT2D eigenvalue weighted by molar-refractivity contribution is -0.140. The topological polar surface area (TPSA) is 124 Å². The Morgan fingerprint density at radius 1 is 1.47 bits per heavy atom. The number of carboxylic acid groups (broad SMARTS) is 1. The monoisotopic (exact) mass is 288 g/mol. The number of nitrogens with one attached hydrogen (secondary N) is 1. The molecule has 1 aliphatic carbocycles. The molecule has 0 radical (unpaired) electrons. The summed E-state index contributed by atoms with van der Waals surface area (Å²) < 4.78 is 23.9. The molecule has 0 aromatic carbocycles. The molecular weight excluding hydrogens is 272 g/mol. The maximum atomic E-state index is 11.9. The van der Waals surface area contributed by atoms with Crippen LogP contribution in [0.25, 0.3) is 0 Å². The quantitative estimate of drug-likeness (QED) is 0.661. The standard InChI is InChI=1S/C11H16N2O5S/c1-8(14)13-9(10(15)16)6-19(17,18)7-11(2-3-11)4-5-12/h9H,2-4,6-7H2,1H3,(H,13,14)(H,15,16). The van der Waals surface area contributed by atoms with Gasteiger partial charge in [0.2, 0.25) is 5.91 Å². The number of carbonyl (C=O) groups excluding carboxylic acids is 1. The van der Waals surface area contributed by atoms with Gasteiger partial charge in [-0.1, -0.05) is 0 Å². The van der Waals surface area contributed by atoms with Gasteiger partial charge in [0, 0.05) is 13.3 Å². The van der Waals surface area contributed by atoms with Gasteiger partial charge in [-0.05, 0) is 18.3 Å². The minimum atomic E-state index is -3.64. The molecule has 0 aromatic rings. The van der Waals surface area contributed by atoms with E-state index in [1.807, 2.05) is 6.07 Å². The van der Waals surface area contributed by atoms with E-state index in [1.165, 1.54) is 0 Å². The van der Waals surface area contributed by atoms with E-state index >= 15 is 0 Å². The zero-order valence-corrected chi connectivity index (χ0v) is 11.4. The summed E-state index contributed by atoms with van der Waals surface area (Å²) in [6.07, 6.45) is 1.49. The van der Waals surface area contributed by atoms with Crippen LogP contribution in [-0.2, 0) is 19.4 Å². The lowest BCUT2D eigenvalue weighted by Gasteiger charge is -2.16. The van der Waals surface area contributed by atoms with E-state index < -0.39 is 38.9 Å². The number of hydrogen-bond donors (Lipinski definition) is 2. The fraction of sp³-hybridized carbons (Fsp3) is 0.727. The van der Waals surface area contributed by atoms with Gasteiger partial charge in [-0.2, -0.15) is 5.26 Å². The van der Waals surface area contributed by atoms with Crippen LogP contribution in [0.3, 0.4) is 0 Å². The van der Waals surface area contributed by atoms with Gasteiger partial charge >= 0.3 is 5.97 Å². The van der Waals surface area contributed by atoms with Gasteiger partial charge in [-0.15, -0.1) is 0 Å². The van der Waals surface area contributed by atoms with E-state index in [4.69, 9.17) is 10.4 Å². The number of rotatable bonds is 7. The Kier molecular flexibility index (Phi) is 4.52. The number of carboxylic acids is 1. The summed E-state index contributed by atoms with van der Waals surface area (Å²) in [6.45, 7) is 1.13. The number of sulfone groups is 1. The molecular formula is C11H16N2O5S. The Morgan fingerprint density at radius 2 is 2.05 bits per heavy atom. The summed E-state index contributed by atoms with van der Waals surface area (Å²) in [5.74, 6) is -2.82. The molecule has 2 N–H and O–H groups in total. The summed E-state index contributed by atoms with van der Waals surface area (Å²) >= 11 is 0. The predicted molar refractivity (Wildman–Crippen MR) is 65.8 cm³/mol. The second-order valence-corrected chi connectivity index (χ2v) is 7.09. The van der Waals surface area contributed by atoms with Gasteiger partial charge in [0.15, 0.2) is 9.84 Å². The van der Waals surface area contributed by atoms with Crippen LogP contribution in [0.5, 0.6) is 0 Å². The van der Waals surface area contributed by atoms with Crippen LogP contribution in [-0.4, -0.2) is 42.9 Å². The van der Waals surface area contributed by atoms with Crippen LogP contribution in [0.2, 0.25) is 0 Å². The first-order chi connectivity index (χ1) is 8.70. The highest BCUT2D eigenvalue weighted by Crippen LogP contribution is 2.49. The Labute approximate surface area is 111 Å². The number of nitrogens with zero attached hydrogens (tertiary/aromatic N) is 1. The van der Waals surface area contributed by atoms with Crippen molar-refractivity contribution in [1.82, 2.24) is 5.32 Å². The van der Waals surface area contributed by atoms with Crippen LogP contribution in [0, 0.1) is 16.7 Å². The van der Waals surface area contributed by atoms with Crippen molar-refractivity contribution in [3.05, 3.63) is 0 Å². The number of carbonyl (C=O) groups is 2. The lowest BCUT2D eigenvalue weighted by Crippen LogP contribution is -2.45. The molecule has 0 saturated heterocycles. The molecule has 0 aromatic heterocycles. The minimum absolute atomic E-state index is 0.157. The molecule has 1 fully saturated rings. The molecule has 1 atom stereocenters.